The molecule has 0 radical (unpaired) electrons. The average Bonchev–Trinajstić information content (AvgIpc) is 4.12. The number of methoxy groups -OCH3 is 1. The number of amides is 3. The number of aromatic nitrogens is 6. The first-order chi connectivity index (χ1) is 29.4. The third kappa shape index (κ3) is 9.63. The summed E-state index contributed by atoms with van der Waals surface area (Å²) in [5.74, 6) is 2.16. The van der Waals surface area contributed by atoms with Crippen molar-refractivity contribution in [2.75, 3.05) is 25.5 Å². The number of anilines is 1. The highest BCUT2D eigenvalue weighted by Crippen LogP contribution is 2.37. The van der Waals surface area contributed by atoms with Crippen molar-refractivity contribution >= 4 is 23.9 Å². The number of aromatic amines is 2. The summed E-state index contributed by atoms with van der Waals surface area (Å²) in [5.41, 5.74) is 9.79. The maximum absolute atomic E-state index is 13.5. The Kier molecular flexibility index (Phi) is 13.5. The molecule has 3 aromatic heterocycles. The van der Waals surface area contributed by atoms with Crippen molar-refractivity contribution in [3.63, 3.8) is 0 Å². The van der Waals surface area contributed by atoms with E-state index in [1.165, 1.54) is 41.3 Å². The van der Waals surface area contributed by atoms with Crippen molar-refractivity contribution in [2.45, 2.75) is 111 Å². The monoisotopic (exact) mass is 828 g/mol. The fourth-order valence-electron chi connectivity index (χ4n) is 8.88. The number of nitrogens with zero attached hydrogens (tertiary/aromatic N) is 6. The number of H-pyrrole nitrogens is 2. The second kappa shape index (κ2) is 19.1. The third-order valence-electron chi connectivity index (χ3n) is 12.2. The predicted molar refractivity (Wildman–Crippen MR) is 235 cm³/mol. The highest BCUT2D eigenvalue weighted by Gasteiger charge is 2.39. The van der Waals surface area contributed by atoms with E-state index in [4.69, 9.17) is 4.74 Å². The summed E-state index contributed by atoms with van der Waals surface area (Å²) in [4.78, 5) is 67.0. The van der Waals surface area contributed by atoms with Crippen molar-refractivity contribution < 1.29 is 19.1 Å². The number of rotatable bonds is 11. The van der Waals surface area contributed by atoms with Crippen LogP contribution in [-0.4, -0.2) is 89.9 Å². The lowest BCUT2D eigenvalue weighted by atomic mass is 9.97. The molecule has 0 saturated carbocycles. The van der Waals surface area contributed by atoms with Crippen LogP contribution in [0.3, 0.4) is 0 Å². The van der Waals surface area contributed by atoms with Gasteiger partial charge in [0.05, 0.1) is 43.0 Å². The van der Waals surface area contributed by atoms with Crippen LogP contribution in [0.5, 0.6) is 0 Å². The number of hydrogen-bond acceptors (Lipinski definition) is 9. The topological polar surface area (TPSA) is 174 Å². The molecule has 0 spiro atoms. The van der Waals surface area contributed by atoms with Gasteiger partial charge in [-0.05, 0) is 98.9 Å². The smallest absolute Gasteiger partial charge is 0.407 e. The zero-order valence-corrected chi connectivity index (χ0v) is 36.5. The van der Waals surface area contributed by atoms with Crippen molar-refractivity contribution in [3.05, 3.63) is 101 Å². The Morgan fingerprint density at radius 1 is 0.721 bits per heavy atom. The standard InChI is InChI=1S/C24H32N4O3.C23H28N6O/c1-14(2)21(27-24(30)31-4)23(29)28-12-6-9-20(28)22-25-13-19(26-22)18-11-10-15(3)16-7-5-8-17(16)18;1-15(2)20(28-23-24-11-5-12-25-23)22(30)29-13-4-6-19(29)21-26-14-18(27-21)17-9-7-16(3)8-10-17/h10-11,13-14,20-21H,5-9,12H2,1-4H3,(H,25,26)(H,27,30);5,7-12,14-15,19-20H,4,6,13H2,1-3H3,(H,26,27)(H,24,25,28)/t20-,21-;19-,20-/m00/s1. The van der Waals surface area contributed by atoms with E-state index in [-0.39, 0.29) is 41.8 Å². The summed E-state index contributed by atoms with van der Waals surface area (Å²) in [6.45, 7) is 13.6. The molecule has 3 aliphatic rings. The fourth-order valence-corrected chi connectivity index (χ4v) is 8.88. The number of alkyl carbamates (subject to hydrolysis) is 1. The first kappa shape index (κ1) is 43.1. The van der Waals surface area contributed by atoms with Gasteiger partial charge in [-0.25, -0.2) is 24.7 Å². The van der Waals surface area contributed by atoms with Gasteiger partial charge >= 0.3 is 6.09 Å². The van der Waals surface area contributed by atoms with E-state index in [0.29, 0.717) is 12.5 Å². The molecule has 61 heavy (non-hydrogen) atoms. The molecule has 0 unspecified atom stereocenters. The van der Waals surface area contributed by atoms with Crippen molar-refractivity contribution in [1.82, 2.24) is 45.0 Å². The Morgan fingerprint density at radius 3 is 1.90 bits per heavy atom. The number of nitrogens with one attached hydrogen (secondary N) is 4. The summed E-state index contributed by atoms with van der Waals surface area (Å²) in [6, 6.07) is 13.3. The lowest BCUT2D eigenvalue weighted by molar-refractivity contribution is -0.135. The molecule has 3 amide bonds. The predicted octanol–water partition coefficient (Wildman–Crippen LogP) is 7.89. The first-order valence-corrected chi connectivity index (χ1v) is 21.7. The minimum absolute atomic E-state index is 0.0450. The summed E-state index contributed by atoms with van der Waals surface area (Å²) in [6.07, 6.45) is 13.6. The number of aryl methyl sites for hydroxylation is 2. The molecule has 1 aliphatic carbocycles. The van der Waals surface area contributed by atoms with Crippen LogP contribution in [0.4, 0.5) is 10.7 Å². The quantitative estimate of drug-likeness (QED) is 0.103. The molecule has 5 heterocycles. The van der Waals surface area contributed by atoms with Gasteiger partial charge < -0.3 is 35.1 Å². The number of likely N-dealkylation sites (tertiary alicyclic amines) is 2. The van der Waals surface area contributed by atoms with E-state index in [2.05, 4.69) is 90.8 Å². The summed E-state index contributed by atoms with van der Waals surface area (Å²) < 4.78 is 4.71. The zero-order valence-electron chi connectivity index (χ0n) is 36.5. The molecule has 322 valence electrons. The minimum Gasteiger partial charge on any atom is -0.453 e. The molecular weight excluding hydrogens is 769 g/mol. The average molecular weight is 829 g/mol. The molecule has 14 nitrogen and oxygen atoms in total. The minimum atomic E-state index is -0.622. The number of hydrogen-bond donors (Lipinski definition) is 4. The second-order valence-corrected chi connectivity index (χ2v) is 17.1. The molecule has 14 heteroatoms. The summed E-state index contributed by atoms with van der Waals surface area (Å²) in [5, 5.41) is 5.92. The van der Waals surface area contributed by atoms with Gasteiger partial charge in [0.15, 0.2) is 0 Å². The number of fused-ring (bicyclic) bond motifs is 1. The van der Waals surface area contributed by atoms with Gasteiger partial charge in [-0.2, -0.15) is 0 Å². The molecule has 5 aromatic rings. The number of imidazole rings is 2. The Morgan fingerprint density at radius 2 is 1.30 bits per heavy atom. The number of benzene rings is 2. The van der Waals surface area contributed by atoms with Crippen molar-refractivity contribution in [2.24, 2.45) is 11.8 Å². The Labute approximate surface area is 358 Å². The van der Waals surface area contributed by atoms with Crippen molar-refractivity contribution in [3.8, 4) is 22.5 Å². The van der Waals surface area contributed by atoms with Crippen LogP contribution in [0.1, 0.15) is 106 Å². The lowest BCUT2D eigenvalue weighted by Crippen LogP contribution is -2.51. The van der Waals surface area contributed by atoms with Gasteiger partial charge in [0.25, 0.3) is 0 Å². The number of carbonyl (C=O) groups is 3. The van der Waals surface area contributed by atoms with E-state index >= 15 is 0 Å². The number of carbonyl (C=O) groups excluding carboxylic acids is 3. The molecule has 2 aromatic carbocycles. The van der Waals surface area contributed by atoms with Gasteiger partial charge in [0.1, 0.15) is 23.7 Å². The van der Waals surface area contributed by atoms with Crippen LogP contribution in [0.2, 0.25) is 0 Å². The number of ether oxygens (including phenoxy) is 1. The van der Waals surface area contributed by atoms with E-state index in [9.17, 15) is 14.4 Å². The van der Waals surface area contributed by atoms with Gasteiger partial charge in [0.2, 0.25) is 17.8 Å². The Hall–Kier alpha value is -6.05. The molecule has 8 rings (SSSR count). The van der Waals surface area contributed by atoms with Gasteiger partial charge in [-0.15, -0.1) is 0 Å². The maximum Gasteiger partial charge on any atom is 0.407 e. The maximum atomic E-state index is 13.5. The normalized spacial score (nSPS) is 18.1. The molecule has 2 saturated heterocycles. The first-order valence-electron chi connectivity index (χ1n) is 21.7. The van der Waals surface area contributed by atoms with Gasteiger partial charge in [-0.1, -0.05) is 69.7 Å². The van der Waals surface area contributed by atoms with E-state index < -0.39 is 12.1 Å². The van der Waals surface area contributed by atoms with Crippen LogP contribution < -0.4 is 10.6 Å². The largest absolute Gasteiger partial charge is 0.453 e. The van der Waals surface area contributed by atoms with Crippen LogP contribution in [-0.2, 0) is 27.2 Å². The second-order valence-electron chi connectivity index (χ2n) is 17.1. The van der Waals surface area contributed by atoms with Gasteiger partial charge in [0, 0.05) is 31.0 Å². The van der Waals surface area contributed by atoms with Gasteiger partial charge in [-0.3, -0.25) is 9.59 Å². The molecule has 2 fully saturated rings. The molecule has 0 bridgehead atoms. The van der Waals surface area contributed by atoms with Crippen LogP contribution in [0, 0.1) is 25.7 Å². The molecular formula is C47H60N10O4. The SMILES string of the molecule is COC(=O)N[C@H](C(=O)N1CCC[C@H]1c1ncc(-c2ccc(C)c3c2CCC3)[nH]1)C(C)C.Cc1ccc(-c2cnc([C@@H]3CCCN3C(=O)[C@@H](Nc3ncccn3)C(C)C)[nH]2)cc1. The van der Waals surface area contributed by atoms with Crippen molar-refractivity contribution in [1.29, 1.82) is 0 Å². The van der Waals surface area contributed by atoms with E-state index in [1.807, 2.05) is 49.9 Å². The Balaban J connectivity index is 0.000000184. The third-order valence-corrected chi connectivity index (χ3v) is 12.2. The van der Waals surface area contributed by atoms with Crippen LogP contribution >= 0.6 is 0 Å². The van der Waals surface area contributed by atoms with E-state index in [1.54, 1.807) is 18.5 Å². The highest BCUT2D eigenvalue weighted by molar-refractivity contribution is 5.87. The molecule has 4 N–H and O–H groups in total. The zero-order chi connectivity index (χ0) is 43.2. The van der Waals surface area contributed by atoms with Crippen LogP contribution in [0.15, 0.2) is 67.3 Å². The Bertz CT molecular complexity index is 2290. The summed E-state index contributed by atoms with van der Waals surface area (Å²) in [7, 11) is 1.31. The van der Waals surface area contributed by atoms with Crippen LogP contribution in [0.25, 0.3) is 22.5 Å². The highest BCUT2D eigenvalue weighted by atomic mass is 16.5. The van der Waals surface area contributed by atoms with E-state index in [0.717, 1.165) is 73.7 Å². The molecule has 4 atom stereocenters. The summed E-state index contributed by atoms with van der Waals surface area (Å²) >= 11 is 0. The fraction of sp³-hybridized carbons (Fsp3) is 0.468. The molecule has 2 aliphatic heterocycles. The lowest BCUT2D eigenvalue weighted by Gasteiger charge is -2.30.